The quantitative estimate of drug-likeness (QED) is 0.476. The molecule has 0 radical (unpaired) electrons. The Balaban J connectivity index is 1.43. The fraction of sp³-hybridized carbons (Fsp3) is 0.581. The molecule has 10 heteroatoms. The van der Waals surface area contributed by atoms with Crippen molar-refractivity contribution in [2.45, 2.75) is 83.5 Å². The van der Waals surface area contributed by atoms with Crippen LogP contribution in [-0.2, 0) is 18.9 Å². The lowest BCUT2D eigenvalue weighted by molar-refractivity contribution is -0.319. The second-order valence-corrected chi connectivity index (χ2v) is 11.7. The van der Waals surface area contributed by atoms with Crippen LogP contribution in [0.15, 0.2) is 24.3 Å². The van der Waals surface area contributed by atoms with Crippen LogP contribution < -0.4 is 14.2 Å². The second kappa shape index (κ2) is 10.7. The number of benzene rings is 2. The Hall–Kier alpha value is -2.89. The smallest absolute Gasteiger partial charge is 0.231 e. The number of nitrogens with one attached hydrogen (secondary N) is 1. The highest BCUT2D eigenvalue weighted by Crippen LogP contribution is 2.56. The fourth-order valence-electron chi connectivity index (χ4n) is 6.74. The predicted molar refractivity (Wildman–Crippen MR) is 148 cm³/mol. The van der Waals surface area contributed by atoms with Crippen molar-refractivity contribution in [1.29, 1.82) is 5.41 Å². The van der Waals surface area contributed by atoms with Crippen molar-refractivity contribution in [3.05, 3.63) is 52.1 Å². The Morgan fingerprint density at radius 2 is 1.68 bits per heavy atom. The number of hydrogen-bond acceptors (Lipinski definition) is 10. The summed E-state index contributed by atoms with van der Waals surface area (Å²) in [7, 11) is 1.66. The summed E-state index contributed by atoms with van der Waals surface area (Å²) in [6.45, 7) is 9.99. The Kier molecular flexibility index (Phi) is 7.40. The zero-order valence-electron chi connectivity index (χ0n) is 24.2. The van der Waals surface area contributed by atoms with Gasteiger partial charge in [-0.3, -0.25) is 5.41 Å². The summed E-state index contributed by atoms with van der Waals surface area (Å²) in [6, 6.07) is 8.06. The van der Waals surface area contributed by atoms with Crippen molar-refractivity contribution in [2.24, 2.45) is 11.8 Å². The van der Waals surface area contributed by atoms with E-state index in [4.69, 9.17) is 38.6 Å². The average molecular weight is 570 g/mol. The van der Waals surface area contributed by atoms with E-state index in [2.05, 4.69) is 13.0 Å². The molecule has 9 atom stereocenters. The average Bonchev–Trinajstić information content (AvgIpc) is 3.56. The summed E-state index contributed by atoms with van der Waals surface area (Å²) >= 11 is 0. The van der Waals surface area contributed by atoms with Crippen LogP contribution >= 0.6 is 0 Å². The van der Waals surface area contributed by atoms with E-state index in [0.717, 1.165) is 33.6 Å². The van der Waals surface area contributed by atoms with Gasteiger partial charge < -0.3 is 43.4 Å². The van der Waals surface area contributed by atoms with E-state index in [1.54, 1.807) is 14.0 Å². The van der Waals surface area contributed by atoms with E-state index >= 15 is 0 Å². The molecule has 0 bridgehead atoms. The van der Waals surface area contributed by atoms with Crippen LogP contribution in [0.1, 0.15) is 60.6 Å². The number of fused-ring (bicyclic) bond motifs is 3. The standard InChI is InChI=1S/C31H39NO9/c1-13(2)39-28-16(5)40-31(27(34)26(28)33)41-29-19-10-23-22(37-12-38-23)9-18(19)24(25-20(29)11-36-30(25)32)17-7-14(3)15(4)21(8-17)35-6/h7-10,13,16,20,24-29,31-34H,11-12H2,1-6H3. The van der Waals surface area contributed by atoms with E-state index in [1.165, 1.54) is 0 Å². The molecule has 6 rings (SSSR count). The number of ether oxygens (including phenoxy) is 7. The van der Waals surface area contributed by atoms with Gasteiger partial charge in [0.2, 0.25) is 6.79 Å². The summed E-state index contributed by atoms with van der Waals surface area (Å²) in [6.07, 6.45) is -5.64. The first-order valence-electron chi connectivity index (χ1n) is 14.2. The minimum atomic E-state index is -1.34. The molecule has 9 unspecified atom stereocenters. The Morgan fingerprint density at radius 3 is 2.37 bits per heavy atom. The molecule has 3 N–H and O–H groups in total. The van der Waals surface area contributed by atoms with E-state index in [9.17, 15) is 10.2 Å². The molecule has 2 aromatic rings. The molecule has 3 heterocycles. The van der Waals surface area contributed by atoms with Gasteiger partial charge in [-0.05, 0) is 80.6 Å². The van der Waals surface area contributed by atoms with Gasteiger partial charge in [-0.15, -0.1) is 0 Å². The molecular formula is C31H39NO9. The third kappa shape index (κ3) is 4.75. The van der Waals surface area contributed by atoms with E-state index in [-0.39, 0.29) is 43.2 Å². The molecule has 2 saturated heterocycles. The van der Waals surface area contributed by atoms with Crippen molar-refractivity contribution in [3.8, 4) is 17.2 Å². The lowest BCUT2D eigenvalue weighted by Crippen LogP contribution is -2.59. The zero-order chi connectivity index (χ0) is 29.2. The topological polar surface area (TPSA) is 129 Å². The van der Waals surface area contributed by atoms with Gasteiger partial charge in [0.05, 0.1) is 37.9 Å². The minimum absolute atomic E-state index is 0.114. The molecule has 222 valence electrons. The number of hydrogen-bond donors (Lipinski definition) is 3. The monoisotopic (exact) mass is 569 g/mol. The third-order valence-electron chi connectivity index (χ3n) is 8.87. The van der Waals surface area contributed by atoms with Crippen molar-refractivity contribution in [1.82, 2.24) is 0 Å². The first kappa shape index (κ1) is 28.2. The zero-order valence-corrected chi connectivity index (χ0v) is 24.2. The van der Waals surface area contributed by atoms with Gasteiger partial charge in [-0.2, -0.15) is 0 Å². The number of aryl methyl sites for hydroxylation is 1. The molecular weight excluding hydrogens is 530 g/mol. The summed E-state index contributed by atoms with van der Waals surface area (Å²) in [5.41, 5.74) is 4.90. The second-order valence-electron chi connectivity index (χ2n) is 11.7. The number of aliphatic hydroxyl groups excluding tert-OH is 2. The lowest BCUT2D eigenvalue weighted by atomic mass is 9.65. The number of rotatable bonds is 6. The number of methoxy groups -OCH3 is 1. The van der Waals surface area contributed by atoms with Gasteiger partial charge >= 0.3 is 0 Å². The van der Waals surface area contributed by atoms with Gasteiger partial charge in [0.15, 0.2) is 23.7 Å². The van der Waals surface area contributed by atoms with Gasteiger partial charge in [-0.1, -0.05) is 6.07 Å². The Bertz CT molecular complexity index is 1330. The summed E-state index contributed by atoms with van der Waals surface area (Å²) < 4.78 is 41.6. The van der Waals surface area contributed by atoms with Crippen LogP contribution in [0.25, 0.3) is 0 Å². The highest BCUT2D eigenvalue weighted by atomic mass is 16.7. The first-order valence-corrected chi connectivity index (χ1v) is 14.2. The van der Waals surface area contributed by atoms with Gasteiger partial charge in [0, 0.05) is 11.8 Å². The maximum absolute atomic E-state index is 11.1. The molecule has 2 fully saturated rings. The van der Waals surface area contributed by atoms with Crippen molar-refractivity contribution in [2.75, 3.05) is 20.5 Å². The SMILES string of the molecule is COc1cc(C2c3cc4c(cc3C(OC3OC(C)C(OC(C)C)C(O)C3O)C3COC(=N)C23)OCO4)cc(C)c1C. The molecule has 0 amide bonds. The van der Waals surface area contributed by atoms with Crippen LogP contribution in [0, 0.1) is 31.1 Å². The number of aliphatic hydroxyl groups is 2. The maximum atomic E-state index is 11.1. The Morgan fingerprint density at radius 1 is 0.976 bits per heavy atom. The molecule has 41 heavy (non-hydrogen) atoms. The predicted octanol–water partition coefficient (Wildman–Crippen LogP) is 3.74. The van der Waals surface area contributed by atoms with Crippen LogP contribution in [0.2, 0.25) is 0 Å². The van der Waals surface area contributed by atoms with Crippen molar-refractivity contribution >= 4 is 5.90 Å². The molecule has 0 aromatic heterocycles. The third-order valence-corrected chi connectivity index (χ3v) is 8.87. The van der Waals surface area contributed by atoms with Crippen molar-refractivity contribution < 1.29 is 43.4 Å². The molecule has 1 aliphatic carbocycles. The summed E-state index contributed by atoms with van der Waals surface area (Å²) in [5.74, 6) is 1.34. The first-order chi connectivity index (χ1) is 19.6. The molecule has 0 saturated carbocycles. The minimum Gasteiger partial charge on any atom is -0.496 e. The van der Waals surface area contributed by atoms with E-state index < -0.39 is 36.8 Å². The highest BCUT2D eigenvalue weighted by Gasteiger charge is 2.54. The van der Waals surface area contributed by atoms with Gasteiger partial charge in [0.25, 0.3) is 0 Å². The van der Waals surface area contributed by atoms with E-state index in [0.29, 0.717) is 11.5 Å². The molecule has 10 nitrogen and oxygen atoms in total. The molecule has 4 aliphatic rings. The van der Waals surface area contributed by atoms with Gasteiger partial charge in [0.1, 0.15) is 24.1 Å². The van der Waals surface area contributed by atoms with Crippen molar-refractivity contribution in [3.63, 3.8) is 0 Å². The maximum Gasteiger partial charge on any atom is 0.231 e. The van der Waals surface area contributed by atoms with Crippen LogP contribution in [0.5, 0.6) is 17.2 Å². The largest absolute Gasteiger partial charge is 0.496 e. The normalized spacial score (nSPS) is 33.9. The molecule has 2 aromatic carbocycles. The molecule has 0 spiro atoms. The lowest BCUT2D eigenvalue weighted by Gasteiger charge is -2.45. The van der Waals surface area contributed by atoms with Crippen LogP contribution in [0.4, 0.5) is 0 Å². The highest BCUT2D eigenvalue weighted by molar-refractivity contribution is 5.81. The molecule has 3 aliphatic heterocycles. The Labute approximate surface area is 239 Å². The van der Waals surface area contributed by atoms with Gasteiger partial charge in [-0.25, -0.2) is 0 Å². The van der Waals surface area contributed by atoms with Crippen LogP contribution in [-0.4, -0.2) is 73.4 Å². The van der Waals surface area contributed by atoms with E-state index in [1.807, 2.05) is 39.0 Å². The van der Waals surface area contributed by atoms with Crippen LogP contribution in [0.3, 0.4) is 0 Å². The fourth-order valence-corrected chi connectivity index (χ4v) is 6.74. The summed E-state index contributed by atoms with van der Waals surface area (Å²) in [5, 5.41) is 30.9. The summed E-state index contributed by atoms with van der Waals surface area (Å²) in [4.78, 5) is 0.